The van der Waals surface area contributed by atoms with Crippen LogP contribution >= 0.6 is 11.6 Å². The van der Waals surface area contributed by atoms with Gasteiger partial charge in [-0.3, -0.25) is 0 Å². The third-order valence-corrected chi connectivity index (χ3v) is 3.49. The topological polar surface area (TPSA) is 63.8 Å². The summed E-state index contributed by atoms with van der Waals surface area (Å²) in [7, 11) is 0. The number of aliphatic hydroxyl groups is 1. The first-order valence-electron chi connectivity index (χ1n) is 6.50. The molecule has 0 radical (unpaired) electrons. The van der Waals surface area contributed by atoms with Gasteiger partial charge < -0.3 is 5.11 Å². The molecule has 0 aliphatic rings. The van der Waals surface area contributed by atoms with Crippen LogP contribution in [0, 0.1) is 5.41 Å². The highest BCUT2D eigenvalue weighted by Gasteiger charge is 2.32. The molecule has 0 bridgehead atoms. The van der Waals surface area contributed by atoms with E-state index in [2.05, 4.69) is 15.1 Å². The number of rotatable bonds is 4. The van der Waals surface area contributed by atoms with Gasteiger partial charge in [0, 0.05) is 6.20 Å². The third-order valence-electron chi connectivity index (χ3n) is 3.26. The van der Waals surface area contributed by atoms with Crippen LogP contribution in [0.4, 0.5) is 0 Å². The van der Waals surface area contributed by atoms with Crippen molar-refractivity contribution in [3.05, 3.63) is 41.7 Å². The zero-order chi connectivity index (χ0) is 14.8. The van der Waals surface area contributed by atoms with Crippen LogP contribution in [0.1, 0.15) is 32.4 Å². The highest BCUT2D eigenvalue weighted by atomic mass is 35.5. The molecule has 0 saturated heterocycles. The van der Waals surface area contributed by atoms with E-state index in [1.54, 1.807) is 23.3 Å². The number of aromatic nitrogens is 4. The second-order valence-corrected chi connectivity index (χ2v) is 6.33. The Morgan fingerprint density at radius 1 is 1.35 bits per heavy atom. The smallest absolute Gasteiger partial charge is 0.137 e. The molecule has 0 fully saturated rings. The molecule has 2 unspecified atom stereocenters. The Morgan fingerprint density at radius 2 is 2.10 bits per heavy atom. The van der Waals surface area contributed by atoms with Crippen molar-refractivity contribution >= 4 is 11.6 Å². The second kappa shape index (κ2) is 5.89. The van der Waals surface area contributed by atoms with Gasteiger partial charge >= 0.3 is 0 Å². The van der Waals surface area contributed by atoms with Gasteiger partial charge in [-0.25, -0.2) is 14.6 Å². The van der Waals surface area contributed by atoms with Gasteiger partial charge in [0.05, 0.1) is 12.1 Å². The molecular weight excluding hydrogens is 276 g/mol. The van der Waals surface area contributed by atoms with Crippen molar-refractivity contribution in [2.24, 2.45) is 5.41 Å². The Kier molecular flexibility index (Phi) is 4.40. The summed E-state index contributed by atoms with van der Waals surface area (Å²) in [5, 5.41) is 15.2. The number of hydrogen-bond donors (Lipinski definition) is 1. The molecule has 2 rings (SSSR count). The maximum atomic E-state index is 10.6. The van der Waals surface area contributed by atoms with Crippen molar-refractivity contribution in [3.8, 4) is 0 Å². The van der Waals surface area contributed by atoms with Crippen LogP contribution in [0.25, 0.3) is 0 Å². The molecule has 2 aromatic heterocycles. The van der Waals surface area contributed by atoms with E-state index in [0.29, 0.717) is 11.6 Å². The van der Waals surface area contributed by atoms with E-state index < -0.39 is 6.10 Å². The average Bonchev–Trinajstić information content (AvgIpc) is 2.90. The normalized spacial score (nSPS) is 15.1. The Morgan fingerprint density at radius 3 is 2.60 bits per heavy atom. The molecule has 0 saturated carbocycles. The summed E-state index contributed by atoms with van der Waals surface area (Å²) in [5.74, 6) is 0. The number of hydrogen-bond acceptors (Lipinski definition) is 4. The molecule has 5 nitrogen and oxygen atoms in total. The largest absolute Gasteiger partial charge is 0.390 e. The van der Waals surface area contributed by atoms with Crippen LogP contribution in [-0.2, 0) is 6.42 Å². The molecule has 0 aliphatic carbocycles. The maximum absolute atomic E-state index is 10.6. The average molecular weight is 295 g/mol. The molecule has 0 aliphatic heterocycles. The first kappa shape index (κ1) is 14.9. The van der Waals surface area contributed by atoms with Gasteiger partial charge in [0.25, 0.3) is 0 Å². The van der Waals surface area contributed by atoms with E-state index in [9.17, 15) is 5.11 Å². The lowest BCUT2D eigenvalue weighted by Gasteiger charge is -2.33. The summed E-state index contributed by atoms with van der Waals surface area (Å²) >= 11 is 5.79. The summed E-state index contributed by atoms with van der Waals surface area (Å²) in [6, 6.07) is 3.47. The van der Waals surface area contributed by atoms with Crippen molar-refractivity contribution in [1.29, 1.82) is 0 Å². The highest BCUT2D eigenvalue weighted by Crippen LogP contribution is 2.30. The molecule has 0 aromatic carbocycles. The predicted molar refractivity (Wildman–Crippen MR) is 77.5 cm³/mol. The zero-order valence-corrected chi connectivity index (χ0v) is 12.6. The molecule has 108 valence electrons. The highest BCUT2D eigenvalue weighted by molar-refractivity contribution is 6.29. The van der Waals surface area contributed by atoms with Gasteiger partial charge in [0.15, 0.2) is 0 Å². The SMILES string of the molecule is CC(C)(C)C(O)C(Cc1ccc(Cl)nc1)n1cncn1. The van der Waals surface area contributed by atoms with Gasteiger partial charge in [-0.2, -0.15) is 5.10 Å². The van der Waals surface area contributed by atoms with Crippen molar-refractivity contribution in [2.75, 3.05) is 0 Å². The minimum atomic E-state index is -0.556. The zero-order valence-electron chi connectivity index (χ0n) is 11.9. The van der Waals surface area contributed by atoms with Crippen molar-refractivity contribution in [1.82, 2.24) is 19.7 Å². The van der Waals surface area contributed by atoms with Crippen molar-refractivity contribution < 1.29 is 5.11 Å². The monoisotopic (exact) mass is 294 g/mol. The lowest BCUT2D eigenvalue weighted by atomic mass is 9.83. The van der Waals surface area contributed by atoms with Gasteiger partial charge in [0.1, 0.15) is 17.8 Å². The minimum absolute atomic E-state index is 0.194. The fraction of sp³-hybridized carbons (Fsp3) is 0.500. The summed E-state index contributed by atoms with van der Waals surface area (Å²) in [4.78, 5) is 8.04. The van der Waals surface area contributed by atoms with E-state index in [1.165, 1.54) is 6.33 Å². The molecular formula is C14H19ClN4O. The van der Waals surface area contributed by atoms with Crippen molar-refractivity contribution in [3.63, 3.8) is 0 Å². The Balaban J connectivity index is 2.26. The van der Waals surface area contributed by atoms with Crippen LogP contribution < -0.4 is 0 Å². The Labute approximate surface area is 123 Å². The quantitative estimate of drug-likeness (QED) is 0.880. The van der Waals surface area contributed by atoms with Crippen LogP contribution in [-0.4, -0.2) is 31.0 Å². The molecule has 1 N–H and O–H groups in total. The summed E-state index contributed by atoms with van der Waals surface area (Å²) in [6.45, 7) is 6.01. The summed E-state index contributed by atoms with van der Waals surface area (Å²) < 4.78 is 1.70. The van der Waals surface area contributed by atoms with Gasteiger partial charge in [0.2, 0.25) is 0 Å². The van der Waals surface area contributed by atoms with Crippen LogP contribution in [0.5, 0.6) is 0 Å². The van der Waals surface area contributed by atoms with Crippen LogP contribution in [0.3, 0.4) is 0 Å². The Hall–Kier alpha value is -1.46. The van der Waals surface area contributed by atoms with Gasteiger partial charge in [-0.1, -0.05) is 38.4 Å². The lowest BCUT2D eigenvalue weighted by Crippen LogP contribution is -2.37. The van der Waals surface area contributed by atoms with Crippen LogP contribution in [0.15, 0.2) is 31.0 Å². The molecule has 20 heavy (non-hydrogen) atoms. The van der Waals surface area contributed by atoms with Crippen LogP contribution in [0.2, 0.25) is 5.15 Å². The third kappa shape index (κ3) is 3.55. The molecule has 2 atom stereocenters. The molecule has 2 aromatic rings. The molecule has 2 heterocycles. The summed E-state index contributed by atoms with van der Waals surface area (Å²) in [5.41, 5.74) is 0.745. The first-order chi connectivity index (χ1) is 9.38. The van der Waals surface area contributed by atoms with E-state index in [1.807, 2.05) is 26.8 Å². The minimum Gasteiger partial charge on any atom is -0.390 e. The first-order valence-corrected chi connectivity index (χ1v) is 6.88. The number of nitrogens with zero attached hydrogens (tertiary/aromatic N) is 4. The number of aliphatic hydroxyl groups excluding tert-OH is 1. The molecule has 0 amide bonds. The van der Waals surface area contributed by atoms with E-state index in [0.717, 1.165) is 5.56 Å². The predicted octanol–water partition coefficient (Wildman–Crippen LogP) is 2.52. The molecule has 0 spiro atoms. The number of pyridine rings is 1. The fourth-order valence-electron chi connectivity index (χ4n) is 2.08. The Bertz CT molecular complexity index is 533. The lowest BCUT2D eigenvalue weighted by molar-refractivity contribution is 0.0124. The van der Waals surface area contributed by atoms with E-state index in [-0.39, 0.29) is 11.5 Å². The van der Waals surface area contributed by atoms with E-state index >= 15 is 0 Å². The van der Waals surface area contributed by atoms with Gasteiger partial charge in [-0.15, -0.1) is 0 Å². The fourth-order valence-corrected chi connectivity index (χ4v) is 2.20. The summed E-state index contributed by atoms with van der Waals surface area (Å²) in [6.07, 6.45) is 4.89. The number of halogens is 1. The maximum Gasteiger partial charge on any atom is 0.137 e. The van der Waals surface area contributed by atoms with E-state index in [4.69, 9.17) is 11.6 Å². The van der Waals surface area contributed by atoms with Crippen molar-refractivity contribution in [2.45, 2.75) is 39.3 Å². The molecule has 6 heteroatoms. The standard InChI is InChI=1S/C14H19ClN4O/c1-14(2,3)13(20)11(19-9-16-8-18-19)6-10-4-5-12(15)17-7-10/h4-5,7-9,11,13,20H,6H2,1-3H3. The van der Waals surface area contributed by atoms with Gasteiger partial charge in [-0.05, 0) is 23.5 Å². The second-order valence-electron chi connectivity index (χ2n) is 5.95.